The molecular weight excluding hydrogens is 390 g/mol. The number of nitrogens with zero attached hydrogens (tertiary/aromatic N) is 4. The zero-order valence-corrected chi connectivity index (χ0v) is 17.1. The van der Waals surface area contributed by atoms with Gasteiger partial charge in [-0.25, -0.2) is 13.8 Å². The number of rotatable bonds is 7. The summed E-state index contributed by atoms with van der Waals surface area (Å²) in [6, 6.07) is 10.9. The number of hydrogen-bond donors (Lipinski definition) is 2. The largest absolute Gasteiger partial charge is 0.497 e. The third-order valence-corrected chi connectivity index (χ3v) is 4.63. The second kappa shape index (κ2) is 9.82. The summed E-state index contributed by atoms with van der Waals surface area (Å²) in [5.74, 6) is 1.74. The van der Waals surface area contributed by atoms with E-state index in [1.807, 2.05) is 42.8 Å². The van der Waals surface area contributed by atoms with E-state index in [0.717, 1.165) is 41.2 Å². The van der Waals surface area contributed by atoms with Crippen LogP contribution in [0.15, 0.2) is 47.5 Å². The van der Waals surface area contributed by atoms with Gasteiger partial charge in [-0.3, -0.25) is 0 Å². The lowest BCUT2D eigenvalue weighted by molar-refractivity contribution is 0.414. The van der Waals surface area contributed by atoms with E-state index in [2.05, 4.69) is 25.8 Å². The van der Waals surface area contributed by atoms with Crippen molar-refractivity contribution in [1.82, 2.24) is 25.4 Å². The fourth-order valence-corrected chi connectivity index (χ4v) is 2.70. The normalized spacial score (nSPS) is 11.4. The summed E-state index contributed by atoms with van der Waals surface area (Å²) in [4.78, 5) is 4.55. The number of aromatic nitrogens is 3. The van der Waals surface area contributed by atoms with Gasteiger partial charge in [0.25, 0.3) is 0 Å². The van der Waals surface area contributed by atoms with Crippen molar-refractivity contribution in [1.29, 1.82) is 0 Å². The van der Waals surface area contributed by atoms with Gasteiger partial charge in [-0.2, -0.15) is 0 Å². The minimum Gasteiger partial charge on any atom is -0.497 e. The Kier molecular flexibility index (Phi) is 6.95. The molecule has 30 heavy (non-hydrogen) atoms. The Hall–Kier alpha value is -3.49. The van der Waals surface area contributed by atoms with Gasteiger partial charge in [0.1, 0.15) is 23.2 Å². The minimum absolute atomic E-state index is 0.0792. The lowest BCUT2D eigenvalue weighted by Gasteiger charge is -2.13. The van der Waals surface area contributed by atoms with Crippen molar-refractivity contribution in [2.75, 3.05) is 7.11 Å². The molecule has 7 nitrogen and oxygen atoms in total. The molecular formula is C21H24F2N6O. The van der Waals surface area contributed by atoms with Crippen LogP contribution in [0.4, 0.5) is 8.78 Å². The van der Waals surface area contributed by atoms with Crippen LogP contribution in [-0.2, 0) is 26.7 Å². The highest BCUT2D eigenvalue weighted by molar-refractivity contribution is 5.79. The summed E-state index contributed by atoms with van der Waals surface area (Å²) in [6.07, 6.45) is 0. The summed E-state index contributed by atoms with van der Waals surface area (Å²) in [5, 5.41) is 14.3. The second-order valence-electron chi connectivity index (χ2n) is 6.68. The van der Waals surface area contributed by atoms with Crippen LogP contribution in [-0.4, -0.2) is 27.8 Å². The average Bonchev–Trinajstić information content (AvgIpc) is 3.08. The molecule has 0 amide bonds. The van der Waals surface area contributed by atoms with E-state index < -0.39 is 11.6 Å². The van der Waals surface area contributed by atoms with E-state index in [0.29, 0.717) is 19.0 Å². The fraction of sp³-hybridized carbons (Fsp3) is 0.286. The van der Waals surface area contributed by atoms with Gasteiger partial charge in [-0.1, -0.05) is 12.1 Å². The molecule has 158 valence electrons. The molecule has 1 heterocycles. The number of aliphatic imine (C=N–C) groups is 1. The topological polar surface area (TPSA) is 76.4 Å². The molecule has 0 saturated carbocycles. The van der Waals surface area contributed by atoms with Gasteiger partial charge in [-0.15, -0.1) is 10.2 Å². The molecule has 0 aliphatic carbocycles. The van der Waals surface area contributed by atoms with Crippen LogP contribution in [0.3, 0.4) is 0 Å². The fourth-order valence-electron chi connectivity index (χ4n) is 2.70. The third-order valence-electron chi connectivity index (χ3n) is 4.63. The quantitative estimate of drug-likeness (QED) is 0.459. The Balaban J connectivity index is 1.72. The number of guanidine groups is 1. The Morgan fingerprint density at radius 3 is 2.47 bits per heavy atom. The SMILES string of the molecule is COc1ccc(CN=C(NCc2cc(F)ccc2F)NCc2nnc(C)n2C)cc1. The molecule has 2 aromatic carbocycles. The standard InChI is InChI=1S/C21H24F2N6O/c1-14-27-28-20(29(14)2)13-26-21(24-11-15-4-7-18(30-3)8-5-15)25-12-16-10-17(22)6-9-19(16)23/h4-10H,11-13H2,1-3H3,(H2,24,25,26). The van der Waals surface area contributed by atoms with E-state index in [4.69, 9.17) is 4.74 Å². The molecule has 0 saturated heterocycles. The molecule has 0 atom stereocenters. The molecule has 0 radical (unpaired) electrons. The van der Waals surface area contributed by atoms with Crippen LogP contribution < -0.4 is 15.4 Å². The molecule has 0 aliphatic rings. The van der Waals surface area contributed by atoms with Gasteiger partial charge < -0.3 is 19.9 Å². The van der Waals surface area contributed by atoms with Crippen molar-refractivity contribution in [2.24, 2.45) is 12.0 Å². The highest BCUT2D eigenvalue weighted by Crippen LogP contribution is 2.12. The maximum absolute atomic E-state index is 13.9. The van der Waals surface area contributed by atoms with Crippen LogP contribution in [0.1, 0.15) is 22.8 Å². The van der Waals surface area contributed by atoms with Crippen LogP contribution in [0.2, 0.25) is 0 Å². The zero-order chi connectivity index (χ0) is 21.5. The van der Waals surface area contributed by atoms with Crippen molar-refractivity contribution in [3.05, 3.63) is 76.9 Å². The number of hydrogen-bond acceptors (Lipinski definition) is 4. The van der Waals surface area contributed by atoms with Crippen molar-refractivity contribution in [3.63, 3.8) is 0 Å². The predicted molar refractivity (Wildman–Crippen MR) is 110 cm³/mol. The molecule has 0 spiro atoms. The van der Waals surface area contributed by atoms with E-state index in [1.165, 1.54) is 0 Å². The smallest absolute Gasteiger partial charge is 0.192 e. The lowest BCUT2D eigenvalue weighted by Crippen LogP contribution is -2.37. The molecule has 3 rings (SSSR count). The first-order chi connectivity index (χ1) is 14.5. The molecule has 9 heteroatoms. The number of methoxy groups -OCH3 is 1. The maximum Gasteiger partial charge on any atom is 0.192 e. The van der Waals surface area contributed by atoms with Gasteiger partial charge in [0, 0.05) is 19.2 Å². The van der Waals surface area contributed by atoms with Gasteiger partial charge in [0.15, 0.2) is 11.8 Å². The summed E-state index contributed by atoms with van der Waals surface area (Å²) >= 11 is 0. The molecule has 0 bridgehead atoms. The maximum atomic E-state index is 13.9. The number of aryl methyl sites for hydroxylation is 1. The van der Waals surface area contributed by atoms with Crippen molar-refractivity contribution < 1.29 is 13.5 Å². The summed E-state index contributed by atoms with van der Waals surface area (Å²) in [6.45, 7) is 2.70. The lowest BCUT2D eigenvalue weighted by atomic mass is 10.2. The molecule has 2 N–H and O–H groups in total. The molecule has 1 aromatic heterocycles. The Bertz CT molecular complexity index is 1020. The first-order valence-electron chi connectivity index (χ1n) is 9.40. The van der Waals surface area contributed by atoms with Crippen LogP contribution >= 0.6 is 0 Å². The first-order valence-corrected chi connectivity index (χ1v) is 9.40. The summed E-state index contributed by atoms with van der Waals surface area (Å²) in [7, 11) is 3.48. The zero-order valence-electron chi connectivity index (χ0n) is 17.1. The van der Waals surface area contributed by atoms with E-state index in [9.17, 15) is 8.78 Å². The highest BCUT2D eigenvalue weighted by atomic mass is 19.1. The van der Waals surface area contributed by atoms with Crippen molar-refractivity contribution in [3.8, 4) is 5.75 Å². The van der Waals surface area contributed by atoms with Gasteiger partial charge in [0.05, 0.1) is 20.2 Å². The predicted octanol–water partition coefficient (Wildman–Crippen LogP) is 2.85. The summed E-state index contributed by atoms with van der Waals surface area (Å²) in [5.41, 5.74) is 1.19. The van der Waals surface area contributed by atoms with Crippen LogP contribution in [0, 0.1) is 18.6 Å². The van der Waals surface area contributed by atoms with Gasteiger partial charge in [-0.05, 0) is 42.8 Å². The molecule has 0 unspecified atom stereocenters. The molecule has 0 aliphatic heterocycles. The van der Waals surface area contributed by atoms with E-state index in [1.54, 1.807) is 7.11 Å². The molecule has 0 fully saturated rings. The van der Waals surface area contributed by atoms with E-state index in [-0.39, 0.29) is 12.1 Å². The monoisotopic (exact) mass is 414 g/mol. The van der Waals surface area contributed by atoms with Crippen molar-refractivity contribution >= 4 is 5.96 Å². The number of halogens is 2. The first kappa shape index (κ1) is 21.2. The number of nitrogens with one attached hydrogen (secondary N) is 2. The Labute approximate surface area is 173 Å². The van der Waals surface area contributed by atoms with Gasteiger partial charge in [0.2, 0.25) is 0 Å². The average molecular weight is 414 g/mol. The van der Waals surface area contributed by atoms with E-state index >= 15 is 0 Å². The van der Waals surface area contributed by atoms with Crippen LogP contribution in [0.5, 0.6) is 5.75 Å². The van der Waals surface area contributed by atoms with Crippen LogP contribution in [0.25, 0.3) is 0 Å². The Morgan fingerprint density at radius 2 is 1.80 bits per heavy atom. The second-order valence-corrected chi connectivity index (χ2v) is 6.68. The number of ether oxygens (including phenoxy) is 1. The summed E-state index contributed by atoms with van der Waals surface area (Å²) < 4.78 is 34.4. The number of benzene rings is 2. The van der Waals surface area contributed by atoms with Crippen molar-refractivity contribution in [2.45, 2.75) is 26.6 Å². The van der Waals surface area contributed by atoms with Gasteiger partial charge >= 0.3 is 0 Å². The third kappa shape index (κ3) is 5.53. The minimum atomic E-state index is -0.493. The molecule has 3 aromatic rings. The Morgan fingerprint density at radius 1 is 1.07 bits per heavy atom. The highest BCUT2D eigenvalue weighted by Gasteiger charge is 2.09.